The van der Waals surface area contributed by atoms with Gasteiger partial charge >= 0.3 is 0 Å². The second kappa shape index (κ2) is 13.6. The van der Waals surface area contributed by atoms with Crippen LogP contribution in [-0.4, -0.2) is 57.1 Å². The molecule has 0 heterocycles. The molecule has 2 aromatic carbocycles. The van der Waals surface area contributed by atoms with Gasteiger partial charge in [-0.15, -0.1) is 0 Å². The van der Waals surface area contributed by atoms with Crippen LogP contribution < -0.4 is 14.4 Å². The molecule has 0 saturated heterocycles. The van der Waals surface area contributed by atoms with Crippen LogP contribution in [-0.2, 0) is 26.2 Å². The van der Waals surface area contributed by atoms with E-state index in [2.05, 4.69) is 5.32 Å². The summed E-state index contributed by atoms with van der Waals surface area (Å²) < 4.78 is 31.9. The summed E-state index contributed by atoms with van der Waals surface area (Å²) in [5.74, 6) is 0.152. The molecule has 1 aliphatic rings. The monoisotopic (exact) mass is 543 g/mol. The largest absolute Gasteiger partial charge is 0.495 e. The Kier molecular flexibility index (Phi) is 10.6. The number of sulfonamides is 1. The molecule has 9 heteroatoms. The molecular weight excluding hydrogens is 502 g/mol. The lowest BCUT2D eigenvalue weighted by Gasteiger charge is -2.32. The van der Waals surface area contributed by atoms with Crippen molar-refractivity contribution in [1.82, 2.24) is 10.2 Å². The topological polar surface area (TPSA) is 96.0 Å². The van der Waals surface area contributed by atoms with E-state index in [1.165, 1.54) is 11.4 Å². The van der Waals surface area contributed by atoms with Crippen molar-refractivity contribution in [3.8, 4) is 5.75 Å². The van der Waals surface area contributed by atoms with Crippen molar-refractivity contribution in [2.75, 3.05) is 24.2 Å². The molecule has 0 aliphatic heterocycles. The van der Waals surface area contributed by atoms with Crippen molar-refractivity contribution >= 4 is 27.5 Å². The number of ether oxygens (including phenoxy) is 1. The number of carbonyl (C=O) groups is 2. The van der Waals surface area contributed by atoms with Gasteiger partial charge < -0.3 is 15.0 Å². The zero-order valence-electron chi connectivity index (χ0n) is 23.0. The number of nitrogens with one attached hydrogen (secondary N) is 1. The van der Waals surface area contributed by atoms with E-state index in [1.807, 2.05) is 38.1 Å². The average molecular weight is 544 g/mol. The maximum atomic E-state index is 13.6. The van der Waals surface area contributed by atoms with E-state index in [0.717, 1.165) is 43.1 Å². The Morgan fingerprint density at radius 1 is 1.08 bits per heavy atom. The highest BCUT2D eigenvalue weighted by Gasteiger charge is 2.31. The predicted molar refractivity (Wildman–Crippen MR) is 151 cm³/mol. The Bertz CT molecular complexity index is 1180. The van der Waals surface area contributed by atoms with Crippen LogP contribution >= 0.6 is 0 Å². The van der Waals surface area contributed by atoms with E-state index in [0.29, 0.717) is 30.8 Å². The number of amides is 2. The third-order valence-electron chi connectivity index (χ3n) is 7.07. The molecule has 1 atom stereocenters. The Hall–Kier alpha value is -3.07. The van der Waals surface area contributed by atoms with Gasteiger partial charge in [0.1, 0.15) is 11.8 Å². The SMILES string of the molecule is CC[C@@H](C(=O)NC1CCCC1)N(Cc1ccc(C)cc1)C(=O)CCCN(c1ccccc1OC)S(C)(=O)=O. The first kappa shape index (κ1) is 29.5. The molecule has 0 bridgehead atoms. The van der Waals surface area contributed by atoms with Gasteiger partial charge in [-0.3, -0.25) is 13.9 Å². The molecule has 2 aromatic rings. The van der Waals surface area contributed by atoms with Crippen LogP contribution in [0.25, 0.3) is 0 Å². The second-order valence-electron chi connectivity index (χ2n) is 10.0. The Morgan fingerprint density at radius 2 is 1.74 bits per heavy atom. The molecule has 0 aromatic heterocycles. The van der Waals surface area contributed by atoms with Crippen molar-refractivity contribution in [2.45, 2.75) is 77.4 Å². The number of methoxy groups -OCH3 is 1. The Morgan fingerprint density at radius 3 is 2.34 bits per heavy atom. The lowest BCUT2D eigenvalue weighted by molar-refractivity contribution is -0.141. The number of para-hydroxylation sites is 2. The number of aryl methyl sites for hydroxylation is 1. The molecule has 8 nitrogen and oxygen atoms in total. The summed E-state index contributed by atoms with van der Waals surface area (Å²) in [4.78, 5) is 28.5. The maximum absolute atomic E-state index is 13.6. The first-order valence-electron chi connectivity index (χ1n) is 13.4. The number of hydrogen-bond donors (Lipinski definition) is 1. The number of rotatable bonds is 13. The van der Waals surface area contributed by atoms with Crippen LogP contribution in [0.15, 0.2) is 48.5 Å². The van der Waals surface area contributed by atoms with Crippen molar-refractivity contribution < 1.29 is 22.7 Å². The standard InChI is InChI=1S/C29H41N3O5S/c1-5-25(29(34)30-24-11-6-7-12-24)31(21-23-18-16-22(2)17-19-23)28(33)15-10-20-32(38(4,35)36)26-13-8-9-14-27(26)37-3/h8-9,13-14,16-19,24-25H,5-7,10-12,15,20-21H2,1-4H3,(H,30,34)/t25-/m0/s1. The van der Waals surface area contributed by atoms with E-state index in [9.17, 15) is 18.0 Å². The molecule has 1 aliphatic carbocycles. The van der Waals surface area contributed by atoms with Crippen LogP contribution in [0.4, 0.5) is 5.69 Å². The third-order valence-corrected chi connectivity index (χ3v) is 8.25. The summed E-state index contributed by atoms with van der Waals surface area (Å²) >= 11 is 0. The summed E-state index contributed by atoms with van der Waals surface area (Å²) in [6.07, 6.45) is 6.21. The van der Waals surface area contributed by atoms with Crippen molar-refractivity contribution in [1.29, 1.82) is 0 Å². The molecule has 38 heavy (non-hydrogen) atoms. The summed E-state index contributed by atoms with van der Waals surface area (Å²) in [6.45, 7) is 4.36. The number of benzene rings is 2. The van der Waals surface area contributed by atoms with E-state index < -0.39 is 16.1 Å². The lowest BCUT2D eigenvalue weighted by Crippen LogP contribution is -2.51. The summed E-state index contributed by atoms with van der Waals surface area (Å²) in [7, 11) is -2.11. The summed E-state index contributed by atoms with van der Waals surface area (Å²) in [6, 6.07) is 14.4. The molecule has 3 rings (SSSR count). The fraction of sp³-hybridized carbons (Fsp3) is 0.517. The van der Waals surface area contributed by atoms with E-state index in [1.54, 1.807) is 29.2 Å². The van der Waals surface area contributed by atoms with Crippen LogP contribution in [0, 0.1) is 6.92 Å². The number of nitrogens with zero attached hydrogens (tertiary/aromatic N) is 2. The fourth-order valence-corrected chi connectivity index (χ4v) is 5.96. The Labute approximate surface area is 227 Å². The van der Waals surface area contributed by atoms with Gasteiger partial charge in [0.2, 0.25) is 21.8 Å². The molecular formula is C29H41N3O5S. The molecule has 208 valence electrons. The van der Waals surface area contributed by atoms with Gasteiger partial charge in [0, 0.05) is 25.6 Å². The second-order valence-corrected chi connectivity index (χ2v) is 11.9. The van der Waals surface area contributed by atoms with E-state index >= 15 is 0 Å². The van der Waals surface area contributed by atoms with Crippen LogP contribution in [0.5, 0.6) is 5.75 Å². The van der Waals surface area contributed by atoms with E-state index in [4.69, 9.17) is 4.74 Å². The molecule has 0 radical (unpaired) electrons. The zero-order valence-corrected chi connectivity index (χ0v) is 23.8. The highest BCUT2D eigenvalue weighted by atomic mass is 32.2. The van der Waals surface area contributed by atoms with Crippen molar-refractivity contribution in [3.05, 3.63) is 59.7 Å². The minimum Gasteiger partial charge on any atom is -0.495 e. The number of anilines is 1. The lowest BCUT2D eigenvalue weighted by atomic mass is 10.1. The zero-order chi connectivity index (χ0) is 27.7. The van der Waals surface area contributed by atoms with Crippen molar-refractivity contribution in [3.63, 3.8) is 0 Å². The fourth-order valence-electron chi connectivity index (χ4n) is 5.00. The molecule has 0 unspecified atom stereocenters. The van der Waals surface area contributed by atoms with Crippen LogP contribution in [0.3, 0.4) is 0 Å². The van der Waals surface area contributed by atoms with Gasteiger partial charge in [-0.05, 0) is 50.3 Å². The highest BCUT2D eigenvalue weighted by Crippen LogP contribution is 2.30. The smallest absolute Gasteiger partial charge is 0.243 e. The normalized spacial score (nSPS) is 14.6. The average Bonchev–Trinajstić information content (AvgIpc) is 3.40. The van der Waals surface area contributed by atoms with Crippen LogP contribution in [0.1, 0.15) is 63.0 Å². The van der Waals surface area contributed by atoms with Gasteiger partial charge in [0.05, 0.1) is 19.1 Å². The third kappa shape index (κ3) is 7.96. The predicted octanol–water partition coefficient (Wildman–Crippen LogP) is 4.42. The first-order valence-corrected chi connectivity index (χ1v) is 15.2. The summed E-state index contributed by atoms with van der Waals surface area (Å²) in [5.41, 5.74) is 2.50. The van der Waals surface area contributed by atoms with Gasteiger partial charge in [-0.1, -0.05) is 61.7 Å². The van der Waals surface area contributed by atoms with Crippen molar-refractivity contribution in [2.24, 2.45) is 0 Å². The molecule has 0 spiro atoms. The minimum atomic E-state index is -3.60. The van der Waals surface area contributed by atoms with Crippen LogP contribution in [0.2, 0.25) is 0 Å². The summed E-state index contributed by atoms with van der Waals surface area (Å²) in [5, 5.41) is 3.15. The van der Waals surface area contributed by atoms with Gasteiger partial charge in [-0.2, -0.15) is 0 Å². The number of carbonyl (C=O) groups excluding carboxylic acids is 2. The maximum Gasteiger partial charge on any atom is 0.243 e. The highest BCUT2D eigenvalue weighted by molar-refractivity contribution is 7.92. The van der Waals surface area contributed by atoms with Gasteiger partial charge in [-0.25, -0.2) is 8.42 Å². The molecule has 1 fully saturated rings. The molecule has 1 saturated carbocycles. The van der Waals surface area contributed by atoms with E-state index in [-0.39, 0.29) is 30.8 Å². The number of hydrogen-bond acceptors (Lipinski definition) is 5. The Balaban J connectivity index is 1.77. The first-order chi connectivity index (χ1) is 18.1. The molecule has 1 N–H and O–H groups in total. The molecule has 2 amide bonds. The van der Waals surface area contributed by atoms with Gasteiger partial charge in [0.15, 0.2) is 0 Å². The minimum absolute atomic E-state index is 0.111. The van der Waals surface area contributed by atoms with Gasteiger partial charge in [0.25, 0.3) is 0 Å². The quantitative estimate of drug-likeness (QED) is 0.404.